The number of amidine groups is 1. The molecule has 0 saturated carbocycles. The van der Waals surface area contributed by atoms with Crippen LogP contribution in [0.25, 0.3) is 0 Å². The first kappa shape index (κ1) is 11.0. The highest BCUT2D eigenvalue weighted by Crippen LogP contribution is 2.24. The van der Waals surface area contributed by atoms with E-state index in [9.17, 15) is 0 Å². The van der Waals surface area contributed by atoms with Crippen LogP contribution in [0.1, 0.15) is 6.92 Å². The molecule has 0 radical (unpaired) electrons. The van der Waals surface area contributed by atoms with Gasteiger partial charge in [-0.25, -0.2) is 5.84 Å². The van der Waals surface area contributed by atoms with E-state index in [1.165, 1.54) is 4.70 Å². The summed E-state index contributed by atoms with van der Waals surface area (Å²) >= 11 is 0. The zero-order chi connectivity index (χ0) is 11.4. The summed E-state index contributed by atoms with van der Waals surface area (Å²) in [6.07, 6.45) is 0. The minimum absolute atomic E-state index is 0.199. The molecule has 0 bridgehead atoms. The van der Waals surface area contributed by atoms with Crippen molar-refractivity contribution in [2.75, 3.05) is 12.8 Å². The van der Waals surface area contributed by atoms with Gasteiger partial charge in [0.1, 0.15) is 11.4 Å². The lowest BCUT2D eigenvalue weighted by atomic mass is 10.2. The second-order valence-electron chi connectivity index (χ2n) is 2.98. The second kappa shape index (κ2) is 4.41. The average Bonchev–Trinajstić information content (AvgIpc) is 2.17. The topological polar surface area (TPSA) is 100 Å². The SMILES string of the molecule is COc1cc(N)cc([N+](=NN)C(C)=N)c1. The van der Waals surface area contributed by atoms with Crippen LogP contribution in [-0.2, 0) is 0 Å². The normalized spacial score (nSPS) is 11.2. The molecule has 0 unspecified atom stereocenters. The van der Waals surface area contributed by atoms with E-state index in [1.807, 2.05) is 0 Å². The Morgan fingerprint density at radius 1 is 1.47 bits per heavy atom. The smallest absolute Gasteiger partial charge is 0.251 e. The van der Waals surface area contributed by atoms with Gasteiger partial charge in [0.15, 0.2) is 0 Å². The Hall–Kier alpha value is -2.11. The van der Waals surface area contributed by atoms with Gasteiger partial charge in [0.25, 0.3) is 5.84 Å². The monoisotopic (exact) mass is 208 g/mol. The lowest BCUT2D eigenvalue weighted by Gasteiger charge is -2.05. The highest BCUT2D eigenvalue weighted by Gasteiger charge is 2.10. The van der Waals surface area contributed by atoms with Crippen LogP contribution in [0, 0.1) is 5.41 Å². The molecule has 1 rings (SSSR count). The minimum Gasteiger partial charge on any atom is -0.497 e. The first-order chi connectivity index (χ1) is 7.08. The van der Waals surface area contributed by atoms with E-state index >= 15 is 0 Å². The van der Waals surface area contributed by atoms with Gasteiger partial charge in [-0.05, 0) is 0 Å². The van der Waals surface area contributed by atoms with Gasteiger partial charge in [-0.2, -0.15) is 5.41 Å². The van der Waals surface area contributed by atoms with Crippen LogP contribution in [0.15, 0.2) is 23.4 Å². The molecule has 6 heteroatoms. The first-order valence-corrected chi connectivity index (χ1v) is 4.29. The van der Waals surface area contributed by atoms with Crippen molar-refractivity contribution in [2.24, 2.45) is 11.1 Å². The number of benzene rings is 1. The highest BCUT2D eigenvalue weighted by molar-refractivity contribution is 5.70. The van der Waals surface area contributed by atoms with Crippen LogP contribution >= 0.6 is 0 Å². The molecule has 1 aromatic rings. The molecule has 0 saturated heterocycles. The third-order valence-electron chi connectivity index (χ3n) is 1.83. The zero-order valence-corrected chi connectivity index (χ0v) is 8.69. The fraction of sp³-hybridized carbons (Fsp3) is 0.222. The molecular weight excluding hydrogens is 194 g/mol. The molecule has 0 atom stereocenters. The third kappa shape index (κ3) is 2.43. The summed E-state index contributed by atoms with van der Waals surface area (Å²) < 4.78 is 6.31. The molecular formula is C9H14N5O+. The first-order valence-electron chi connectivity index (χ1n) is 4.29. The molecule has 0 spiro atoms. The van der Waals surface area contributed by atoms with Gasteiger partial charge in [-0.15, -0.1) is 4.70 Å². The Labute approximate surface area is 87.6 Å². The number of methoxy groups -OCH3 is 1. The second-order valence-corrected chi connectivity index (χ2v) is 2.98. The van der Waals surface area contributed by atoms with Gasteiger partial charge in [-0.3, -0.25) is 0 Å². The molecule has 0 amide bonds. The summed E-state index contributed by atoms with van der Waals surface area (Å²) in [6.45, 7) is 1.58. The van der Waals surface area contributed by atoms with E-state index in [0.29, 0.717) is 17.1 Å². The van der Waals surface area contributed by atoms with Gasteiger partial charge in [0, 0.05) is 36.0 Å². The molecule has 15 heavy (non-hydrogen) atoms. The highest BCUT2D eigenvalue weighted by atomic mass is 16.5. The Kier molecular flexibility index (Phi) is 3.22. The molecule has 5 N–H and O–H groups in total. The maximum Gasteiger partial charge on any atom is 0.251 e. The quantitative estimate of drug-likeness (QED) is 0.130. The lowest BCUT2D eigenvalue weighted by molar-refractivity contribution is -0.395. The number of anilines is 1. The van der Waals surface area contributed by atoms with E-state index in [4.69, 9.17) is 21.7 Å². The summed E-state index contributed by atoms with van der Waals surface area (Å²) in [5.41, 5.74) is 6.79. The molecule has 6 nitrogen and oxygen atoms in total. The summed E-state index contributed by atoms with van der Waals surface area (Å²) in [5.74, 6) is 5.97. The zero-order valence-electron chi connectivity index (χ0n) is 8.69. The number of ether oxygens (including phenoxy) is 1. The minimum atomic E-state index is 0.199. The maximum absolute atomic E-state index is 7.46. The summed E-state index contributed by atoms with van der Waals surface area (Å²) in [7, 11) is 1.54. The Morgan fingerprint density at radius 2 is 2.13 bits per heavy atom. The molecule has 0 fully saturated rings. The van der Waals surface area contributed by atoms with Crippen LogP contribution in [0.4, 0.5) is 11.4 Å². The molecule has 1 aromatic carbocycles. The average molecular weight is 208 g/mol. The van der Waals surface area contributed by atoms with Gasteiger partial charge >= 0.3 is 0 Å². The van der Waals surface area contributed by atoms with Crippen LogP contribution in [0.2, 0.25) is 0 Å². The third-order valence-corrected chi connectivity index (χ3v) is 1.83. The molecule has 0 aliphatic heterocycles. The predicted molar refractivity (Wildman–Crippen MR) is 57.3 cm³/mol. The standard InChI is InChI=1S/C9H13N5O/c1-6(10)14(13-12)8-3-7(11)4-9(5-8)15-2/h3-5,10,12H,11H2,1-2H3/p+1. The van der Waals surface area contributed by atoms with Gasteiger partial charge in [-0.1, -0.05) is 0 Å². The summed E-state index contributed by atoms with van der Waals surface area (Å²) in [5, 5.41) is 10.9. The van der Waals surface area contributed by atoms with Gasteiger partial charge < -0.3 is 10.5 Å². The molecule has 0 aliphatic carbocycles. The van der Waals surface area contributed by atoms with Crippen LogP contribution in [0.5, 0.6) is 5.75 Å². The van der Waals surface area contributed by atoms with Crippen molar-refractivity contribution < 1.29 is 9.43 Å². The molecule has 0 aliphatic rings. The number of nitrogens with zero attached hydrogens (tertiary/aromatic N) is 2. The fourth-order valence-electron chi connectivity index (χ4n) is 1.19. The Morgan fingerprint density at radius 3 is 2.60 bits per heavy atom. The maximum atomic E-state index is 7.46. The Balaban J connectivity index is 3.24. The van der Waals surface area contributed by atoms with Crippen molar-refractivity contribution in [3.63, 3.8) is 0 Å². The number of nitrogens with one attached hydrogen (secondary N) is 1. The van der Waals surface area contributed by atoms with E-state index in [-0.39, 0.29) is 5.84 Å². The summed E-state index contributed by atoms with van der Waals surface area (Å²) in [6, 6.07) is 5.04. The van der Waals surface area contributed by atoms with Crippen molar-refractivity contribution in [2.45, 2.75) is 6.92 Å². The van der Waals surface area contributed by atoms with Crippen molar-refractivity contribution in [1.29, 1.82) is 5.41 Å². The van der Waals surface area contributed by atoms with Crippen LogP contribution in [-0.4, -0.2) is 17.6 Å². The molecule has 80 valence electrons. The van der Waals surface area contributed by atoms with Crippen LogP contribution < -0.4 is 16.3 Å². The van der Waals surface area contributed by atoms with E-state index in [1.54, 1.807) is 32.2 Å². The van der Waals surface area contributed by atoms with Crippen LogP contribution in [0.3, 0.4) is 0 Å². The lowest BCUT2D eigenvalue weighted by Crippen LogP contribution is -2.11. The van der Waals surface area contributed by atoms with E-state index in [2.05, 4.69) is 5.22 Å². The number of hydrogen-bond acceptors (Lipinski definition) is 4. The van der Waals surface area contributed by atoms with Crippen molar-refractivity contribution in [3.05, 3.63) is 18.2 Å². The predicted octanol–water partition coefficient (Wildman–Crippen LogP) is 1.24. The van der Waals surface area contributed by atoms with Crippen molar-refractivity contribution in [3.8, 4) is 5.75 Å². The number of hydrogen-bond donors (Lipinski definition) is 3. The molecule has 0 heterocycles. The van der Waals surface area contributed by atoms with Crippen molar-refractivity contribution >= 4 is 17.2 Å². The van der Waals surface area contributed by atoms with E-state index in [0.717, 1.165) is 0 Å². The van der Waals surface area contributed by atoms with E-state index < -0.39 is 0 Å². The fourth-order valence-corrected chi connectivity index (χ4v) is 1.19. The largest absolute Gasteiger partial charge is 0.497 e. The van der Waals surface area contributed by atoms with Crippen molar-refractivity contribution in [1.82, 2.24) is 0 Å². The van der Waals surface area contributed by atoms with Gasteiger partial charge in [0.2, 0.25) is 0 Å². The molecule has 0 aromatic heterocycles. The number of rotatable bonds is 2. The van der Waals surface area contributed by atoms with Gasteiger partial charge in [0.05, 0.1) is 7.11 Å². The Bertz CT molecular complexity index is 413. The summed E-state index contributed by atoms with van der Waals surface area (Å²) in [4.78, 5) is 0. The number of nitrogens with two attached hydrogens (primary N) is 2. The number of nitrogen functional groups attached to an aromatic ring is 1.